The molecule has 20 heavy (non-hydrogen) atoms. The molecule has 0 aromatic heterocycles. The average molecular weight is 269 g/mol. The lowest BCUT2D eigenvalue weighted by molar-refractivity contribution is 0.103. The van der Waals surface area contributed by atoms with Gasteiger partial charge in [0.05, 0.1) is 0 Å². The molecule has 1 aliphatic heterocycles. The monoisotopic (exact) mass is 269 g/mol. The summed E-state index contributed by atoms with van der Waals surface area (Å²) in [5, 5.41) is 0. The lowest BCUT2D eigenvalue weighted by atomic mass is 10.00. The fourth-order valence-electron chi connectivity index (χ4n) is 2.24. The molecular weight excluding hydrogens is 254 g/mol. The van der Waals surface area contributed by atoms with Crippen molar-refractivity contribution in [3.05, 3.63) is 59.2 Å². The Labute approximate surface area is 117 Å². The summed E-state index contributed by atoms with van der Waals surface area (Å²) in [7, 11) is 0. The second kappa shape index (κ2) is 5.35. The normalized spacial score (nSPS) is 12.4. The number of benzene rings is 2. The molecule has 0 unspecified atom stereocenters. The molecule has 2 aromatic carbocycles. The van der Waals surface area contributed by atoms with E-state index in [1.165, 1.54) is 0 Å². The number of carbonyl (C=O) groups is 1. The van der Waals surface area contributed by atoms with Crippen LogP contribution in [0.5, 0.6) is 11.5 Å². The molecular formula is C16H15NO3. The van der Waals surface area contributed by atoms with Gasteiger partial charge >= 0.3 is 0 Å². The number of hydrogen-bond acceptors (Lipinski definition) is 4. The van der Waals surface area contributed by atoms with Crippen LogP contribution in [0.4, 0.5) is 0 Å². The summed E-state index contributed by atoms with van der Waals surface area (Å²) in [6.07, 6.45) is 0.766. The topological polar surface area (TPSA) is 61.6 Å². The number of nitrogens with two attached hydrogens (primary N) is 1. The minimum atomic E-state index is -0.0258. The first-order valence-electron chi connectivity index (χ1n) is 6.51. The van der Waals surface area contributed by atoms with Gasteiger partial charge in [-0.15, -0.1) is 0 Å². The Hall–Kier alpha value is -2.33. The molecule has 4 heteroatoms. The maximum atomic E-state index is 12.5. The lowest BCUT2D eigenvalue weighted by Crippen LogP contribution is -2.05. The molecule has 0 atom stereocenters. The van der Waals surface area contributed by atoms with Crippen LogP contribution in [0.1, 0.15) is 21.5 Å². The van der Waals surface area contributed by atoms with Crippen molar-refractivity contribution in [2.45, 2.75) is 6.42 Å². The van der Waals surface area contributed by atoms with Crippen molar-refractivity contribution in [2.75, 3.05) is 13.3 Å². The van der Waals surface area contributed by atoms with Crippen LogP contribution in [-0.2, 0) is 6.42 Å². The van der Waals surface area contributed by atoms with E-state index >= 15 is 0 Å². The van der Waals surface area contributed by atoms with Gasteiger partial charge in [0.2, 0.25) is 6.79 Å². The van der Waals surface area contributed by atoms with E-state index < -0.39 is 0 Å². The van der Waals surface area contributed by atoms with Gasteiger partial charge < -0.3 is 15.2 Å². The Morgan fingerprint density at radius 2 is 1.85 bits per heavy atom. The summed E-state index contributed by atoms with van der Waals surface area (Å²) in [6, 6.07) is 12.8. The van der Waals surface area contributed by atoms with Crippen LogP contribution in [0.25, 0.3) is 0 Å². The second-order valence-corrected chi connectivity index (χ2v) is 4.64. The maximum absolute atomic E-state index is 12.5. The van der Waals surface area contributed by atoms with Gasteiger partial charge in [0.15, 0.2) is 17.3 Å². The van der Waals surface area contributed by atoms with E-state index in [1.807, 2.05) is 24.3 Å². The van der Waals surface area contributed by atoms with E-state index in [0.717, 1.165) is 12.0 Å². The molecule has 2 aromatic rings. The van der Waals surface area contributed by atoms with Crippen molar-refractivity contribution in [2.24, 2.45) is 5.73 Å². The maximum Gasteiger partial charge on any atom is 0.231 e. The van der Waals surface area contributed by atoms with Gasteiger partial charge in [-0.1, -0.05) is 18.2 Å². The SMILES string of the molecule is NCCc1cccc(C(=O)c2ccc3c(c2)OCO3)c1. The van der Waals surface area contributed by atoms with E-state index in [-0.39, 0.29) is 12.6 Å². The molecule has 2 N–H and O–H groups in total. The highest BCUT2D eigenvalue weighted by Crippen LogP contribution is 2.33. The minimum Gasteiger partial charge on any atom is -0.454 e. The van der Waals surface area contributed by atoms with E-state index in [2.05, 4.69) is 0 Å². The molecule has 1 aliphatic rings. The summed E-state index contributed by atoms with van der Waals surface area (Å²) in [4.78, 5) is 12.5. The largest absolute Gasteiger partial charge is 0.454 e. The standard InChI is InChI=1S/C16H15NO3/c17-7-6-11-2-1-3-12(8-11)16(18)13-4-5-14-15(9-13)20-10-19-14/h1-5,8-9H,6-7,10,17H2. The van der Waals surface area contributed by atoms with Gasteiger partial charge in [-0.3, -0.25) is 4.79 Å². The van der Waals surface area contributed by atoms with E-state index in [1.54, 1.807) is 18.2 Å². The first-order chi connectivity index (χ1) is 9.78. The van der Waals surface area contributed by atoms with Crippen LogP contribution < -0.4 is 15.2 Å². The number of ketones is 1. The molecule has 0 radical (unpaired) electrons. The van der Waals surface area contributed by atoms with Gasteiger partial charge in [0.25, 0.3) is 0 Å². The van der Waals surface area contributed by atoms with E-state index in [9.17, 15) is 4.79 Å². The van der Waals surface area contributed by atoms with Crippen molar-refractivity contribution < 1.29 is 14.3 Å². The molecule has 0 amide bonds. The van der Waals surface area contributed by atoms with Crippen LogP contribution in [0, 0.1) is 0 Å². The fraction of sp³-hybridized carbons (Fsp3) is 0.188. The Balaban J connectivity index is 1.90. The molecule has 0 bridgehead atoms. The molecule has 4 nitrogen and oxygen atoms in total. The Morgan fingerprint density at radius 3 is 2.70 bits per heavy atom. The van der Waals surface area contributed by atoms with Crippen molar-refractivity contribution >= 4 is 5.78 Å². The third kappa shape index (κ3) is 2.38. The van der Waals surface area contributed by atoms with Crippen LogP contribution >= 0.6 is 0 Å². The molecule has 0 aliphatic carbocycles. The number of fused-ring (bicyclic) bond motifs is 1. The van der Waals surface area contributed by atoms with Gasteiger partial charge in [-0.2, -0.15) is 0 Å². The van der Waals surface area contributed by atoms with E-state index in [0.29, 0.717) is 29.2 Å². The first-order valence-corrected chi connectivity index (χ1v) is 6.51. The summed E-state index contributed by atoms with van der Waals surface area (Å²) < 4.78 is 10.5. The smallest absolute Gasteiger partial charge is 0.231 e. The predicted molar refractivity (Wildman–Crippen MR) is 75.2 cm³/mol. The predicted octanol–water partition coefficient (Wildman–Crippen LogP) is 2.15. The first kappa shape index (κ1) is 12.7. The molecule has 102 valence electrons. The van der Waals surface area contributed by atoms with E-state index in [4.69, 9.17) is 15.2 Å². The Morgan fingerprint density at radius 1 is 1.05 bits per heavy atom. The zero-order valence-electron chi connectivity index (χ0n) is 11.0. The highest BCUT2D eigenvalue weighted by molar-refractivity contribution is 6.09. The molecule has 0 fully saturated rings. The highest BCUT2D eigenvalue weighted by atomic mass is 16.7. The van der Waals surface area contributed by atoms with Crippen LogP contribution in [0.2, 0.25) is 0 Å². The van der Waals surface area contributed by atoms with Gasteiger partial charge in [0, 0.05) is 11.1 Å². The molecule has 0 saturated carbocycles. The van der Waals surface area contributed by atoms with Crippen LogP contribution in [0.3, 0.4) is 0 Å². The number of hydrogen-bond donors (Lipinski definition) is 1. The van der Waals surface area contributed by atoms with Crippen LogP contribution in [0.15, 0.2) is 42.5 Å². The van der Waals surface area contributed by atoms with Crippen LogP contribution in [-0.4, -0.2) is 19.1 Å². The quantitative estimate of drug-likeness (QED) is 0.864. The van der Waals surface area contributed by atoms with Crippen molar-refractivity contribution in [3.8, 4) is 11.5 Å². The number of rotatable bonds is 4. The van der Waals surface area contributed by atoms with Gasteiger partial charge in [0.1, 0.15) is 0 Å². The van der Waals surface area contributed by atoms with Crippen molar-refractivity contribution in [1.82, 2.24) is 0 Å². The molecule has 1 heterocycles. The zero-order valence-corrected chi connectivity index (χ0v) is 11.0. The van der Waals surface area contributed by atoms with Crippen molar-refractivity contribution in [1.29, 1.82) is 0 Å². The lowest BCUT2D eigenvalue weighted by Gasteiger charge is -2.05. The summed E-state index contributed by atoms with van der Waals surface area (Å²) in [5.74, 6) is 1.27. The van der Waals surface area contributed by atoms with Gasteiger partial charge in [-0.05, 0) is 42.8 Å². The summed E-state index contributed by atoms with van der Waals surface area (Å²) in [6.45, 7) is 0.778. The Kier molecular flexibility index (Phi) is 3.39. The summed E-state index contributed by atoms with van der Waals surface area (Å²) >= 11 is 0. The molecule has 0 spiro atoms. The molecule has 0 saturated heterocycles. The number of ether oxygens (including phenoxy) is 2. The summed E-state index contributed by atoms with van der Waals surface area (Å²) in [5.41, 5.74) is 7.87. The third-order valence-corrected chi connectivity index (χ3v) is 3.26. The minimum absolute atomic E-state index is 0.0258. The van der Waals surface area contributed by atoms with Gasteiger partial charge in [-0.25, -0.2) is 0 Å². The third-order valence-electron chi connectivity index (χ3n) is 3.26. The zero-order chi connectivity index (χ0) is 13.9. The average Bonchev–Trinajstić information content (AvgIpc) is 2.94. The highest BCUT2D eigenvalue weighted by Gasteiger charge is 2.17. The Bertz CT molecular complexity index is 652. The van der Waals surface area contributed by atoms with Crippen molar-refractivity contribution in [3.63, 3.8) is 0 Å². The number of carbonyl (C=O) groups excluding carboxylic acids is 1. The second-order valence-electron chi connectivity index (χ2n) is 4.64. The molecule has 3 rings (SSSR count). The fourth-order valence-corrected chi connectivity index (χ4v) is 2.24.